The van der Waals surface area contributed by atoms with Crippen LogP contribution in [0.5, 0.6) is 5.75 Å². The molecule has 156 valence electrons. The van der Waals surface area contributed by atoms with Crippen LogP contribution >= 0.6 is 15.9 Å². The first-order valence-electron chi connectivity index (χ1n) is 10.3. The number of nitrogens with zero attached hydrogens (tertiary/aromatic N) is 3. The summed E-state index contributed by atoms with van der Waals surface area (Å²) < 4.78 is 6.47. The number of pyridine rings is 1. The molecule has 0 bridgehead atoms. The number of fused-ring (bicyclic) bond motifs is 4. The van der Waals surface area contributed by atoms with E-state index in [0.29, 0.717) is 12.4 Å². The van der Waals surface area contributed by atoms with Crippen molar-refractivity contribution < 1.29 is 9.53 Å². The van der Waals surface area contributed by atoms with Gasteiger partial charge in [-0.25, -0.2) is 0 Å². The Hall–Kier alpha value is -3.51. The first-order chi connectivity index (χ1) is 15.6. The van der Waals surface area contributed by atoms with Gasteiger partial charge >= 0.3 is 0 Å². The number of aliphatic imine (C=N–C) groups is 1. The largest absolute Gasteiger partial charge is 0.497 e. The second kappa shape index (κ2) is 7.28. The maximum Gasteiger partial charge on any atom is 0.275 e. The van der Waals surface area contributed by atoms with Crippen molar-refractivity contribution in [2.75, 3.05) is 7.11 Å². The van der Waals surface area contributed by atoms with Gasteiger partial charge in [-0.15, -0.1) is 0 Å². The van der Waals surface area contributed by atoms with Crippen LogP contribution in [0.4, 0.5) is 0 Å². The summed E-state index contributed by atoms with van der Waals surface area (Å²) in [6.07, 6.45) is 0. The molecule has 1 aromatic heterocycles. The number of hydrogen-bond donors (Lipinski definition) is 0. The highest BCUT2D eigenvalue weighted by molar-refractivity contribution is 9.10. The predicted molar refractivity (Wildman–Crippen MR) is 128 cm³/mol. The molecule has 6 rings (SSSR count). The Kier molecular flexibility index (Phi) is 4.36. The Labute approximate surface area is 193 Å². The maximum absolute atomic E-state index is 13.0. The zero-order valence-electron chi connectivity index (χ0n) is 17.2. The van der Waals surface area contributed by atoms with Crippen LogP contribution < -0.4 is 4.74 Å². The summed E-state index contributed by atoms with van der Waals surface area (Å²) in [6.45, 7) is 0.544. The van der Waals surface area contributed by atoms with Crippen molar-refractivity contribution in [3.63, 3.8) is 0 Å². The van der Waals surface area contributed by atoms with Crippen molar-refractivity contribution in [2.45, 2.75) is 12.6 Å². The van der Waals surface area contributed by atoms with Crippen LogP contribution in [0, 0.1) is 0 Å². The Morgan fingerprint density at radius 3 is 2.53 bits per heavy atom. The van der Waals surface area contributed by atoms with Crippen LogP contribution in [0.2, 0.25) is 0 Å². The molecule has 3 aromatic carbocycles. The van der Waals surface area contributed by atoms with E-state index in [9.17, 15) is 4.79 Å². The minimum atomic E-state index is -0.437. The zero-order chi connectivity index (χ0) is 21.8. The summed E-state index contributed by atoms with van der Waals surface area (Å²) >= 11 is 3.47. The number of benzene rings is 3. The maximum atomic E-state index is 13.0. The molecule has 32 heavy (non-hydrogen) atoms. The van der Waals surface area contributed by atoms with Gasteiger partial charge in [-0.2, -0.15) is 4.99 Å². The van der Waals surface area contributed by atoms with Crippen molar-refractivity contribution in [1.82, 2.24) is 9.88 Å². The van der Waals surface area contributed by atoms with Gasteiger partial charge in [0.25, 0.3) is 5.91 Å². The molecule has 0 spiro atoms. The van der Waals surface area contributed by atoms with E-state index in [2.05, 4.69) is 38.0 Å². The third kappa shape index (κ3) is 2.87. The second-order valence-corrected chi connectivity index (χ2v) is 8.83. The van der Waals surface area contributed by atoms with Gasteiger partial charge in [0.1, 0.15) is 17.6 Å². The molecule has 1 amide bonds. The minimum Gasteiger partial charge on any atom is -0.497 e. The molecule has 0 N–H and O–H groups in total. The number of aromatic nitrogens is 1. The van der Waals surface area contributed by atoms with Gasteiger partial charge in [-0.1, -0.05) is 58.4 Å². The van der Waals surface area contributed by atoms with Gasteiger partial charge in [-0.05, 0) is 41.5 Å². The molecule has 0 fully saturated rings. The second-order valence-electron chi connectivity index (χ2n) is 7.91. The van der Waals surface area contributed by atoms with Crippen LogP contribution in [0.3, 0.4) is 0 Å². The first-order valence-corrected chi connectivity index (χ1v) is 11.1. The fourth-order valence-electron chi connectivity index (χ4n) is 4.66. The third-order valence-electron chi connectivity index (χ3n) is 6.09. The van der Waals surface area contributed by atoms with Crippen LogP contribution in [-0.2, 0) is 11.3 Å². The Balaban J connectivity index is 1.58. The third-order valence-corrected chi connectivity index (χ3v) is 6.62. The number of methoxy groups -OCH3 is 1. The predicted octanol–water partition coefficient (Wildman–Crippen LogP) is 5.52. The van der Waals surface area contributed by atoms with Gasteiger partial charge in [0.2, 0.25) is 0 Å². The summed E-state index contributed by atoms with van der Waals surface area (Å²) in [5.74, 6) is 1.33. The molecular weight excluding hydrogens is 466 g/mol. The number of hydrogen-bond acceptors (Lipinski definition) is 4. The minimum absolute atomic E-state index is 0.141. The summed E-state index contributed by atoms with van der Waals surface area (Å²) in [5.41, 5.74) is 5.80. The highest BCUT2D eigenvalue weighted by atomic mass is 79.9. The molecule has 1 unspecified atom stereocenters. The molecule has 2 aliphatic rings. The number of rotatable bonds is 3. The van der Waals surface area contributed by atoms with E-state index in [1.165, 1.54) is 0 Å². The first kappa shape index (κ1) is 19.2. The number of amides is 1. The van der Waals surface area contributed by atoms with Crippen molar-refractivity contribution in [2.24, 2.45) is 4.99 Å². The lowest BCUT2D eigenvalue weighted by atomic mass is 9.94. The molecule has 4 aromatic rings. The molecule has 0 aliphatic carbocycles. The SMILES string of the molecule is COc1ccc2nc3c(c(-c4ccccc4)c2c1)C1=NC(=O)C(c2ccc(Br)cc2)N1C3. The van der Waals surface area contributed by atoms with Gasteiger partial charge in [-0.3, -0.25) is 9.78 Å². The average Bonchev–Trinajstić information content (AvgIpc) is 3.32. The molecular formula is C26H18BrN3O2. The lowest BCUT2D eigenvalue weighted by Crippen LogP contribution is -2.27. The van der Waals surface area contributed by atoms with Crippen LogP contribution in [0.15, 0.2) is 82.3 Å². The summed E-state index contributed by atoms with van der Waals surface area (Å²) in [4.78, 5) is 24.6. The normalized spacial score (nSPS) is 16.8. The number of carbonyl (C=O) groups is 1. The summed E-state index contributed by atoms with van der Waals surface area (Å²) in [6, 6.07) is 23.6. The fourth-order valence-corrected chi connectivity index (χ4v) is 4.92. The summed E-state index contributed by atoms with van der Waals surface area (Å²) in [5, 5.41) is 0.985. The van der Waals surface area contributed by atoms with Gasteiger partial charge in [0.05, 0.1) is 24.9 Å². The van der Waals surface area contributed by atoms with E-state index in [0.717, 1.165) is 49.1 Å². The Morgan fingerprint density at radius 1 is 1.00 bits per heavy atom. The fraction of sp³-hybridized carbons (Fsp3) is 0.115. The van der Waals surface area contributed by atoms with Crippen molar-refractivity contribution in [1.29, 1.82) is 0 Å². The van der Waals surface area contributed by atoms with Crippen LogP contribution in [-0.4, -0.2) is 28.7 Å². The molecule has 0 saturated carbocycles. The molecule has 1 atom stereocenters. The number of halogens is 1. The number of ether oxygens (including phenoxy) is 1. The smallest absolute Gasteiger partial charge is 0.275 e. The quantitative estimate of drug-likeness (QED) is 0.385. The van der Waals surface area contributed by atoms with Crippen LogP contribution in [0.25, 0.3) is 22.0 Å². The van der Waals surface area contributed by atoms with Crippen molar-refractivity contribution in [3.05, 3.63) is 94.1 Å². The average molecular weight is 484 g/mol. The molecule has 3 heterocycles. The zero-order valence-corrected chi connectivity index (χ0v) is 18.8. The van der Waals surface area contributed by atoms with Crippen LogP contribution in [0.1, 0.15) is 22.9 Å². The monoisotopic (exact) mass is 483 g/mol. The Morgan fingerprint density at radius 2 is 1.78 bits per heavy atom. The van der Waals surface area contributed by atoms with Gasteiger partial charge < -0.3 is 9.64 Å². The highest BCUT2D eigenvalue weighted by Crippen LogP contribution is 2.43. The molecule has 5 nitrogen and oxygen atoms in total. The lowest BCUT2D eigenvalue weighted by Gasteiger charge is -2.21. The van der Waals surface area contributed by atoms with E-state index in [1.54, 1.807) is 7.11 Å². The van der Waals surface area contributed by atoms with E-state index in [1.807, 2.05) is 60.7 Å². The number of amidine groups is 1. The van der Waals surface area contributed by atoms with Crippen molar-refractivity contribution >= 4 is 38.6 Å². The molecule has 6 heteroatoms. The van der Waals surface area contributed by atoms with Gasteiger partial charge in [0.15, 0.2) is 0 Å². The lowest BCUT2D eigenvalue weighted by molar-refractivity contribution is -0.120. The van der Waals surface area contributed by atoms with E-state index in [-0.39, 0.29) is 5.91 Å². The highest BCUT2D eigenvalue weighted by Gasteiger charge is 2.43. The van der Waals surface area contributed by atoms with Gasteiger partial charge in [0, 0.05) is 21.0 Å². The number of carbonyl (C=O) groups excluding carboxylic acids is 1. The standard InChI is InChI=1S/C26H18BrN3O2/c1-32-18-11-12-20-19(13-18)22(15-5-3-2-4-6-15)23-21(28-20)14-30-24(26(31)29-25(23)30)16-7-9-17(27)10-8-16/h2-13,24H,14H2,1H3. The van der Waals surface area contributed by atoms with E-state index >= 15 is 0 Å². The Bertz CT molecular complexity index is 1410. The van der Waals surface area contributed by atoms with E-state index < -0.39 is 6.04 Å². The topological polar surface area (TPSA) is 54.8 Å². The molecule has 2 aliphatic heterocycles. The van der Waals surface area contributed by atoms with E-state index in [4.69, 9.17) is 9.72 Å². The molecule has 0 radical (unpaired) electrons. The molecule has 0 saturated heterocycles. The van der Waals surface area contributed by atoms with Crippen molar-refractivity contribution in [3.8, 4) is 16.9 Å². The summed E-state index contributed by atoms with van der Waals surface area (Å²) in [7, 11) is 1.66.